The summed E-state index contributed by atoms with van der Waals surface area (Å²) in [4.78, 5) is 11.4. The van der Waals surface area contributed by atoms with Gasteiger partial charge in [0.15, 0.2) is 5.43 Å². The van der Waals surface area contributed by atoms with Crippen LogP contribution in [0.4, 0.5) is 5.69 Å². The van der Waals surface area contributed by atoms with Gasteiger partial charge in [-0.15, -0.1) is 0 Å². The quantitative estimate of drug-likeness (QED) is 0.761. The fraction of sp³-hybridized carbons (Fsp3) is 0.214. The Hall–Kier alpha value is -2.03. The molecule has 2 aromatic rings. The van der Waals surface area contributed by atoms with Crippen LogP contribution in [0.1, 0.15) is 17.0 Å². The molecule has 17 heavy (non-hydrogen) atoms. The van der Waals surface area contributed by atoms with Crippen LogP contribution in [0, 0.1) is 20.8 Å². The average Bonchev–Trinajstić information content (AvgIpc) is 2.21. The largest absolute Gasteiger partial charge is 0.398 e. The van der Waals surface area contributed by atoms with Crippen molar-refractivity contribution in [2.75, 3.05) is 5.73 Å². The molecule has 0 saturated heterocycles. The Morgan fingerprint density at radius 2 is 1.59 bits per heavy atom. The number of benzene rings is 1. The van der Waals surface area contributed by atoms with E-state index < -0.39 is 0 Å². The number of nitrogens with two attached hydrogens (primary N) is 1. The highest BCUT2D eigenvalue weighted by Gasteiger charge is 2.05. The van der Waals surface area contributed by atoms with Crippen molar-refractivity contribution in [1.82, 2.24) is 4.57 Å². The van der Waals surface area contributed by atoms with Gasteiger partial charge in [0, 0.05) is 34.9 Å². The van der Waals surface area contributed by atoms with Gasteiger partial charge in [-0.2, -0.15) is 0 Å². The van der Waals surface area contributed by atoms with Crippen molar-refractivity contribution in [3.63, 3.8) is 0 Å². The van der Waals surface area contributed by atoms with Crippen LogP contribution >= 0.6 is 0 Å². The predicted molar refractivity (Wildman–Crippen MR) is 70.7 cm³/mol. The topological polar surface area (TPSA) is 48.0 Å². The van der Waals surface area contributed by atoms with E-state index in [4.69, 9.17) is 5.73 Å². The molecule has 0 radical (unpaired) electrons. The number of anilines is 1. The van der Waals surface area contributed by atoms with Crippen LogP contribution in [0.5, 0.6) is 0 Å². The first kappa shape index (κ1) is 11.5. The van der Waals surface area contributed by atoms with E-state index in [1.165, 1.54) is 0 Å². The van der Waals surface area contributed by atoms with Gasteiger partial charge in [0.2, 0.25) is 0 Å². The third kappa shape index (κ3) is 2.09. The zero-order chi connectivity index (χ0) is 12.6. The maximum atomic E-state index is 11.4. The van der Waals surface area contributed by atoms with E-state index in [0.29, 0.717) is 0 Å². The van der Waals surface area contributed by atoms with E-state index in [9.17, 15) is 4.79 Å². The molecule has 0 aliphatic heterocycles. The maximum absolute atomic E-state index is 11.4. The highest BCUT2D eigenvalue weighted by Crippen LogP contribution is 2.18. The van der Waals surface area contributed by atoms with Crippen molar-refractivity contribution in [2.45, 2.75) is 20.8 Å². The van der Waals surface area contributed by atoms with Crippen molar-refractivity contribution < 1.29 is 0 Å². The Bertz CT molecular complexity index is 600. The van der Waals surface area contributed by atoms with E-state index >= 15 is 0 Å². The molecule has 0 atom stereocenters. The van der Waals surface area contributed by atoms with Gasteiger partial charge < -0.3 is 10.3 Å². The van der Waals surface area contributed by atoms with E-state index in [0.717, 1.165) is 28.3 Å². The molecular weight excluding hydrogens is 212 g/mol. The van der Waals surface area contributed by atoms with E-state index in [2.05, 4.69) is 0 Å². The molecule has 0 amide bonds. The molecule has 0 saturated carbocycles. The normalized spacial score (nSPS) is 10.5. The molecule has 0 bridgehead atoms. The third-order valence-electron chi connectivity index (χ3n) is 2.93. The van der Waals surface area contributed by atoms with Crippen molar-refractivity contribution >= 4 is 5.69 Å². The molecule has 0 spiro atoms. The Balaban J connectivity index is 2.68. The lowest BCUT2D eigenvalue weighted by molar-refractivity contribution is 0.922. The molecular formula is C14H16N2O. The lowest BCUT2D eigenvalue weighted by Crippen LogP contribution is -2.11. The fourth-order valence-corrected chi connectivity index (χ4v) is 2.03. The van der Waals surface area contributed by atoms with Gasteiger partial charge in [-0.3, -0.25) is 4.79 Å². The Morgan fingerprint density at radius 1 is 1.00 bits per heavy atom. The number of nitrogens with zero attached hydrogens (tertiary/aromatic N) is 1. The summed E-state index contributed by atoms with van der Waals surface area (Å²) in [6.45, 7) is 5.82. The minimum Gasteiger partial charge on any atom is -0.398 e. The molecule has 0 aliphatic carbocycles. The maximum Gasteiger partial charge on any atom is 0.182 e. The molecule has 3 nitrogen and oxygen atoms in total. The second kappa shape index (κ2) is 4.09. The highest BCUT2D eigenvalue weighted by atomic mass is 16.1. The van der Waals surface area contributed by atoms with Gasteiger partial charge in [0.05, 0.1) is 0 Å². The monoisotopic (exact) mass is 228 g/mol. The number of hydrogen-bond donors (Lipinski definition) is 1. The third-order valence-corrected chi connectivity index (χ3v) is 2.93. The van der Waals surface area contributed by atoms with Crippen LogP contribution in [0.2, 0.25) is 0 Å². The lowest BCUT2D eigenvalue weighted by Gasteiger charge is -2.15. The summed E-state index contributed by atoms with van der Waals surface area (Å²) < 4.78 is 2.02. The number of pyridine rings is 1. The first-order chi connectivity index (χ1) is 7.99. The molecule has 1 aromatic heterocycles. The second-order valence-electron chi connectivity index (χ2n) is 4.35. The fourth-order valence-electron chi connectivity index (χ4n) is 2.03. The molecule has 0 fully saturated rings. The number of aromatic nitrogens is 1. The smallest absolute Gasteiger partial charge is 0.182 e. The number of rotatable bonds is 1. The van der Waals surface area contributed by atoms with E-state index in [-0.39, 0.29) is 5.43 Å². The summed E-state index contributed by atoms with van der Waals surface area (Å²) in [5.41, 5.74) is 10.6. The molecule has 2 rings (SSSR count). The number of aryl methyl sites for hydroxylation is 3. The standard InChI is InChI=1S/C14H16N2O/c1-9-4-5-12(8-14(9)15)16-10(2)6-13(17)7-11(16)3/h4-8H,15H2,1-3H3. The molecule has 3 heteroatoms. The molecule has 88 valence electrons. The molecule has 0 unspecified atom stereocenters. The van der Waals surface area contributed by atoms with Gasteiger partial charge in [-0.05, 0) is 38.5 Å². The molecule has 2 N–H and O–H groups in total. The van der Waals surface area contributed by atoms with Gasteiger partial charge in [-0.25, -0.2) is 0 Å². The van der Waals surface area contributed by atoms with Crippen molar-refractivity contribution in [3.8, 4) is 5.69 Å². The minimum atomic E-state index is 0.0383. The summed E-state index contributed by atoms with van der Waals surface area (Å²) in [6.07, 6.45) is 0. The second-order valence-corrected chi connectivity index (χ2v) is 4.35. The zero-order valence-electron chi connectivity index (χ0n) is 10.3. The van der Waals surface area contributed by atoms with Gasteiger partial charge in [0.25, 0.3) is 0 Å². The Kier molecular flexibility index (Phi) is 2.76. The van der Waals surface area contributed by atoms with Gasteiger partial charge in [0.1, 0.15) is 0 Å². The van der Waals surface area contributed by atoms with Crippen molar-refractivity contribution in [2.24, 2.45) is 0 Å². The first-order valence-electron chi connectivity index (χ1n) is 5.56. The van der Waals surface area contributed by atoms with Gasteiger partial charge >= 0.3 is 0 Å². The predicted octanol–water partition coefficient (Wildman–Crippen LogP) is 2.34. The Labute approximate surface area is 101 Å². The van der Waals surface area contributed by atoms with Crippen LogP contribution in [0.25, 0.3) is 5.69 Å². The van der Waals surface area contributed by atoms with Gasteiger partial charge in [-0.1, -0.05) is 6.07 Å². The summed E-state index contributed by atoms with van der Waals surface area (Å²) in [6, 6.07) is 9.18. The summed E-state index contributed by atoms with van der Waals surface area (Å²) >= 11 is 0. The van der Waals surface area contributed by atoms with Crippen LogP contribution in [-0.4, -0.2) is 4.57 Å². The number of nitrogen functional groups attached to an aromatic ring is 1. The van der Waals surface area contributed by atoms with Crippen molar-refractivity contribution in [3.05, 3.63) is 57.5 Å². The molecule has 0 aliphatic rings. The Morgan fingerprint density at radius 3 is 2.12 bits per heavy atom. The summed E-state index contributed by atoms with van der Waals surface area (Å²) in [5, 5.41) is 0. The minimum absolute atomic E-state index is 0.0383. The van der Waals surface area contributed by atoms with E-state index in [1.54, 1.807) is 12.1 Å². The average molecular weight is 228 g/mol. The number of hydrogen-bond acceptors (Lipinski definition) is 2. The summed E-state index contributed by atoms with van der Waals surface area (Å²) in [5.74, 6) is 0. The molecule has 1 heterocycles. The summed E-state index contributed by atoms with van der Waals surface area (Å²) in [7, 11) is 0. The lowest BCUT2D eigenvalue weighted by atomic mass is 10.1. The van der Waals surface area contributed by atoms with Crippen LogP contribution in [-0.2, 0) is 0 Å². The molecule has 1 aromatic carbocycles. The first-order valence-corrected chi connectivity index (χ1v) is 5.56. The van der Waals surface area contributed by atoms with Crippen molar-refractivity contribution in [1.29, 1.82) is 0 Å². The van der Waals surface area contributed by atoms with Crippen LogP contribution < -0.4 is 11.2 Å². The highest BCUT2D eigenvalue weighted by molar-refractivity contribution is 5.54. The van der Waals surface area contributed by atoms with Crippen LogP contribution in [0.15, 0.2) is 35.1 Å². The van der Waals surface area contributed by atoms with E-state index in [1.807, 2.05) is 43.5 Å². The zero-order valence-corrected chi connectivity index (χ0v) is 10.3. The van der Waals surface area contributed by atoms with Crippen LogP contribution in [0.3, 0.4) is 0 Å². The SMILES string of the molecule is Cc1ccc(-n2c(C)cc(=O)cc2C)cc1N.